The number of alkyl halides is 3. The van der Waals surface area contributed by atoms with Crippen LogP contribution in [0.15, 0.2) is 0 Å². The second kappa shape index (κ2) is 5.58. The van der Waals surface area contributed by atoms with Gasteiger partial charge >= 0.3 is 6.18 Å². The maximum absolute atomic E-state index is 12.1. The van der Waals surface area contributed by atoms with E-state index >= 15 is 0 Å². The fourth-order valence-corrected chi connectivity index (χ4v) is 1.82. The summed E-state index contributed by atoms with van der Waals surface area (Å²) < 4.78 is 59.3. The first-order chi connectivity index (χ1) is 9.03. The molecule has 0 aliphatic heterocycles. The fourth-order valence-electron chi connectivity index (χ4n) is 1.32. The van der Waals surface area contributed by atoms with E-state index in [0.29, 0.717) is 0 Å². The molecule has 112 valence electrons. The van der Waals surface area contributed by atoms with E-state index in [4.69, 9.17) is 11.0 Å². The number of halogens is 3. The molecular weight excluding hydrogens is 299 g/mol. The third kappa shape index (κ3) is 4.61. The molecule has 1 aromatic rings. The monoisotopic (exact) mass is 311 g/mol. The van der Waals surface area contributed by atoms with Gasteiger partial charge in [-0.25, -0.2) is 13.1 Å². The van der Waals surface area contributed by atoms with Crippen molar-refractivity contribution in [2.75, 3.05) is 29.6 Å². The Labute approximate surface area is 113 Å². The number of nitrogens with zero attached hydrogens (tertiary/aromatic N) is 3. The number of aromatic nitrogens is 2. The lowest BCUT2D eigenvalue weighted by Crippen LogP contribution is -2.22. The smallest absolute Gasteiger partial charge is 0.383 e. The molecule has 7 nitrogen and oxygen atoms in total. The van der Waals surface area contributed by atoms with E-state index in [1.807, 2.05) is 5.32 Å². The molecule has 3 N–H and O–H groups in total. The normalized spacial score (nSPS) is 12.2. The van der Waals surface area contributed by atoms with E-state index in [1.165, 1.54) is 0 Å². The van der Waals surface area contributed by atoms with Gasteiger partial charge in [0.2, 0.25) is 0 Å². The van der Waals surface area contributed by atoms with Crippen molar-refractivity contribution in [3.63, 3.8) is 0 Å². The molecular formula is C9H12F3N5O2S. The Morgan fingerprint density at radius 1 is 1.50 bits per heavy atom. The Bertz CT molecular complexity index is 629. The number of aryl methyl sites for hydroxylation is 1. The summed E-state index contributed by atoms with van der Waals surface area (Å²) in [5.41, 5.74) is 5.30. The average molecular weight is 311 g/mol. The van der Waals surface area contributed by atoms with Crippen LogP contribution in [-0.2, 0) is 16.4 Å². The highest BCUT2D eigenvalue weighted by atomic mass is 32.2. The predicted molar refractivity (Wildman–Crippen MR) is 65.6 cm³/mol. The number of hydrogen-bond donors (Lipinski definition) is 2. The summed E-state index contributed by atoms with van der Waals surface area (Å²) in [6.07, 6.45) is -3.47. The van der Waals surface area contributed by atoms with E-state index in [9.17, 15) is 21.6 Å². The third-order valence-corrected chi connectivity index (χ3v) is 3.16. The molecule has 0 aliphatic carbocycles. The summed E-state index contributed by atoms with van der Waals surface area (Å²) in [5, 5.41) is 14.5. The van der Waals surface area contributed by atoms with Gasteiger partial charge < -0.3 is 11.1 Å². The van der Waals surface area contributed by atoms with E-state index in [0.717, 1.165) is 10.9 Å². The molecule has 0 aromatic carbocycles. The van der Waals surface area contributed by atoms with Crippen molar-refractivity contribution in [1.29, 1.82) is 5.26 Å². The highest BCUT2D eigenvalue weighted by Gasteiger charge is 2.28. The average Bonchev–Trinajstić information content (AvgIpc) is 2.58. The van der Waals surface area contributed by atoms with Gasteiger partial charge in [-0.3, -0.25) is 0 Å². The summed E-state index contributed by atoms with van der Waals surface area (Å²) in [6.45, 7) is -1.52. The Morgan fingerprint density at radius 3 is 2.55 bits per heavy atom. The first-order valence-electron chi connectivity index (χ1n) is 5.28. The van der Waals surface area contributed by atoms with Gasteiger partial charge in [-0.1, -0.05) is 0 Å². The first kappa shape index (κ1) is 16.1. The zero-order chi connectivity index (χ0) is 15.6. The molecule has 11 heteroatoms. The number of rotatable bonds is 5. The minimum atomic E-state index is -4.47. The van der Waals surface area contributed by atoms with Gasteiger partial charge in [-0.15, -0.1) is 0 Å². The van der Waals surface area contributed by atoms with Gasteiger partial charge in [0.1, 0.15) is 33.8 Å². The standard InChI is InChI=1S/C9H12F3N5O2S/c1-20(18,19)3-2-17-7(14)6(4-13)8(16-17)15-5-9(10,11)12/h2-3,5,14H2,1H3,(H,15,16). The van der Waals surface area contributed by atoms with Crippen LogP contribution in [0.1, 0.15) is 5.56 Å². The number of anilines is 2. The van der Waals surface area contributed by atoms with E-state index < -0.39 is 22.6 Å². The highest BCUT2D eigenvalue weighted by molar-refractivity contribution is 7.90. The van der Waals surface area contributed by atoms with Crippen LogP contribution in [0.25, 0.3) is 0 Å². The molecule has 0 saturated carbocycles. The van der Waals surface area contributed by atoms with Gasteiger partial charge in [0.25, 0.3) is 0 Å². The summed E-state index contributed by atoms with van der Waals surface area (Å²) in [4.78, 5) is 0. The number of sulfone groups is 1. The van der Waals surface area contributed by atoms with Crippen LogP contribution in [0.2, 0.25) is 0 Å². The molecule has 1 heterocycles. The Kier molecular flexibility index (Phi) is 4.49. The molecule has 0 aliphatic rings. The summed E-state index contributed by atoms with van der Waals surface area (Å²) >= 11 is 0. The first-order valence-corrected chi connectivity index (χ1v) is 7.34. The fraction of sp³-hybridized carbons (Fsp3) is 0.556. The zero-order valence-electron chi connectivity index (χ0n) is 10.4. The lowest BCUT2D eigenvalue weighted by molar-refractivity contribution is -0.115. The second-order valence-corrected chi connectivity index (χ2v) is 6.30. The topological polar surface area (TPSA) is 114 Å². The lowest BCUT2D eigenvalue weighted by atomic mass is 10.3. The number of nitriles is 1. The van der Waals surface area contributed by atoms with Gasteiger partial charge in [-0.05, 0) is 0 Å². The van der Waals surface area contributed by atoms with Gasteiger partial charge in [-0.2, -0.15) is 23.5 Å². The minimum Gasteiger partial charge on any atom is -0.383 e. The maximum atomic E-state index is 12.1. The van der Waals surface area contributed by atoms with Gasteiger partial charge in [0, 0.05) is 6.26 Å². The molecule has 1 aromatic heterocycles. The largest absolute Gasteiger partial charge is 0.405 e. The predicted octanol–water partition coefficient (Wildman–Crippen LogP) is 0.356. The molecule has 20 heavy (non-hydrogen) atoms. The molecule has 0 unspecified atom stereocenters. The van der Waals surface area contributed by atoms with Crippen molar-refractivity contribution in [2.45, 2.75) is 12.7 Å². The third-order valence-electron chi connectivity index (χ3n) is 2.23. The van der Waals surface area contributed by atoms with Crippen molar-refractivity contribution in [2.24, 2.45) is 0 Å². The van der Waals surface area contributed by atoms with Crippen LogP contribution >= 0.6 is 0 Å². The van der Waals surface area contributed by atoms with Crippen LogP contribution < -0.4 is 11.1 Å². The number of nitrogen functional groups attached to an aromatic ring is 1. The molecule has 0 fully saturated rings. The Morgan fingerprint density at radius 2 is 2.10 bits per heavy atom. The van der Waals surface area contributed by atoms with Crippen molar-refractivity contribution in [3.8, 4) is 6.07 Å². The van der Waals surface area contributed by atoms with Crippen molar-refractivity contribution < 1.29 is 21.6 Å². The zero-order valence-corrected chi connectivity index (χ0v) is 11.2. The molecule has 0 radical (unpaired) electrons. The lowest BCUT2D eigenvalue weighted by Gasteiger charge is -2.06. The van der Waals surface area contributed by atoms with Crippen LogP contribution in [0.3, 0.4) is 0 Å². The van der Waals surface area contributed by atoms with Crippen molar-refractivity contribution in [3.05, 3.63) is 5.56 Å². The SMILES string of the molecule is CS(=O)(=O)CCn1nc(NCC(F)(F)F)c(C#N)c1N. The van der Waals surface area contributed by atoms with Crippen LogP contribution in [0, 0.1) is 11.3 Å². The molecule has 1 rings (SSSR count). The summed E-state index contributed by atoms with van der Waals surface area (Å²) in [7, 11) is -3.28. The van der Waals surface area contributed by atoms with Crippen LogP contribution in [-0.4, -0.2) is 42.9 Å². The molecule has 0 amide bonds. The number of nitrogens with two attached hydrogens (primary N) is 1. The molecule has 0 spiro atoms. The molecule has 0 bridgehead atoms. The van der Waals surface area contributed by atoms with Crippen molar-refractivity contribution in [1.82, 2.24) is 9.78 Å². The Balaban J connectivity index is 2.95. The summed E-state index contributed by atoms with van der Waals surface area (Å²) in [6, 6.07) is 1.63. The highest BCUT2D eigenvalue weighted by Crippen LogP contribution is 2.22. The number of hydrogen-bond acceptors (Lipinski definition) is 6. The van der Waals surface area contributed by atoms with Gasteiger partial charge in [0.15, 0.2) is 5.82 Å². The molecule has 0 saturated heterocycles. The van der Waals surface area contributed by atoms with Crippen LogP contribution in [0.4, 0.5) is 24.8 Å². The summed E-state index contributed by atoms with van der Waals surface area (Å²) in [5.74, 6) is -0.792. The molecule has 0 atom stereocenters. The van der Waals surface area contributed by atoms with Crippen molar-refractivity contribution >= 4 is 21.5 Å². The van der Waals surface area contributed by atoms with Gasteiger partial charge in [0.05, 0.1) is 12.3 Å². The number of nitrogens with one attached hydrogen (secondary N) is 1. The van der Waals surface area contributed by atoms with Crippen LogP contribution in [0.5, 0.6) is 0 Å². The van der Waals surface area contributed by atoms with E-state index in [2.05, 4.69) is 5.10 Å². The second-order valence-electron chi connectivity index (χ2n) is 4.04. The Hall–Kier alpha value is -1.96. The quantitative estimate of drug-likeness (QED) is 0.811. The maximum Gasteiger partial charge on any atom is 0.405 e. The van der Waals surface area contributed by atoms with E-state index in [1.54, 1.807) is 6.07 Å². The minimum absolute atomic E-state index is 0.146. The van der Waals surface area contributed by atoms with E-state index in [-0.39, 0.29) is 29.5 Å².